The molecule has 16 heavy (non-hydrogen) atoms. The van der Waals surface area contributed by atoms with Crippen LogP contribution in [0.25, 0.3) is 0 Å². The van der Waals surface area contributed by atoms with Crippen molar-refractivity contribution in [2.45, 2.75) is 64.3 Å². The van der Waals surface area contributed by atoms with Crippen molar-refractivity contribution < 1.29 is 9.22 Å². The minimum absolute atomic E-state index is 0.179. The summed E-state index contributed by atoms with van der Waals surface area (Å²) in [5.74, 6) is 0. The average molecular weight is 242 g/mol. The Kier molecular flexibility index (Phi) is 5.14. The minimum Gasteiger partial charge on any atom is -0.408 e. The lowest BCUT2D eigenvalue weighted by atomic mass is 10.0. The molecule has 0 unspecified atom stereocenters. The molecular formula is C13H26O2Si. The van der Waals surface area contributed by atoms with Crippen molar-refractivity contribution in [3.05, 3.63) is 12.7 Å². The van der Waals surface area contributed by atoms with Gasteiger partial charge in [0.25, 0.3) is 0 Å². The van der Waals surface area contributed by atoms with Crippen molar-refractivity contribution in [1.82, 2.24) is 0 Å². The Morgan fingerprint density at radius 3 is 2.06 bits per heavy atom. The maximum Gasteiger partial charge on any atom is 0.193 e. The number of carbonyl (C=O) groups excluding carboxylic acids is 1. The van der Waals surface area contributed by atoms with E-state index in [0.29, 0.717) is 12.8 Å². The lowest BCUT2D eigenvalue weighted by Gasteiger charge is -2.43. The second-order valence-corrected chi connectivity index (χ2v) is 10.8. The van der Waals surface area contributed by atoms with Gasteiger partial charge < -0.3 is 9.22 Å². The van der Waals surface area contributed by atoms with Crippen LogP contribution in [-0.2, 0) is 9.22 Å². The van der Waals surface area contributed by atoms with Crippen LogP contribution < -0.4 is 0 Å². The molecule has 0 saturated carbocycles. The summed E-state index contributed by atoms with van der Waals surface area (Å²) >= 11 is 0. The molecule has 0 rings (SSSR count). The highest BCUT2D eigenvalue weighted by Gasteiger charge is 2.41. The molecule has 0 aliphatic heterocycles. The van der Waals surface area contributed by atoms with Gasteiger partial charge in [-0.05, 0) is 31.5 Å². The molecule has 2 nitrogen and oxygen atoms in total. The van der Waals surface area contributed by atoms with E-state index >= 15 is 0 Å². The standard InChI is InChI=1S/C13H26O2Si/c1-8-13(5,10-9-11-14)15-16(6,7)12(2,3)4/h8,11H,1,9-10H2,2-7H3/t13-/m0/s1. The molecule has 0 spiro atoms. The van der Waals surface area contributed by atoms with Crippen molar-refractivity contribution in [3.63, 3.8) is 0 Å². The third-order valence-electron chi connectivity index (χ3n) is 3.48. The Morgan fingerprint density at radius 1 is 1.25 bits per heavy atom. The van der Waals surface area contributed by atoms with Crippen molar-refractivity contribution in [2.75, 3.05) is 0 Å². The van der Waals surface area contributed by atoms with Crippen molar-refractivity contribution in [1.29, 1.82) is 0 Å². The molecule has 0 aromatic heterocycles. The first-order chi connectivity index (χ1) is 7.08. The highest BCUT2D eigenvalue weighted by molar-refractivity contribution is 6.74. The van der Waals surface area contributed by atoms with Gasteiger partial charge in [0.05, 0.1) is 5.60 Å². The smallest absolute Gasteiger partial charge is 0.193 e. The van der Waals surface area contributed by atoms with Crippen LogP contribution in [0, 0.1) is 0 Å². The van der Waals surface area contributed by atoms with E-state index in [-0.39, 0.29) is 10.6 Å². The molecular weight excluding hydrogens is 216 g/mol. The van der Waals surface area contributed by atoms with Gasteiger partial charge >= 0.3 is 0 Å². The molecule has 3 heteroatoms. The first-order valence-corrected chi connectivity index (χ1v) is 8.76. The molecule has 0 saturated heterocycles. The fourth-order valence-electron chi connectivity index (χ4n) is 1.28. The van der Waals surface area contributed by atoms with E-state index in [0.717, 1.165) is 6.29 Å². The summed E-state index contributed by atoms with van der Waals surface area (Å²) < 4.78 is 6.30. The average Bonchev–Trinajstić information content (AvgIpc) is 2.12. The van der Waals surface area contributed by atoms with Gasteiger partial charge in [-0.25, -0.2) is 0 Å². The van der Waals surface area contributed by atoms with Crippen molar-refractivity contribution in [2.24, 2.45) is 0 Å². The van der Waals surface area contributed by atoms with Gasteiger partial charge in [0.15, 0.2) is 8.32 Å². The van der Waals surface area contributed by atoms with Crippen molar-refractivity contribution in [3.8, 4) is 0 Å². The maximum absolute atomic E-state index is 10.5. The summed E-state index contributed by atoms with van der Waals surface area (Å²) in [6, 6.07) is 0. The molecule has 0 bridgehead atoms. The number of rotatable bonds is 6. The van der Waals surface area contributed by atoms with Gasteiger partial charge in [-0.1, -0.05) is 26.8 Å². The zero-order valence-corrected chi connectivity index (χ0v) is 12.6. The molecule has 0 aromatic carbocycles. The van der Waals surface area contributed by atoms with E-state index in [1.165, 1.54) is 0 Å². The Hall–Kier alpha value is -0.413. The Bertz CT molecular complexity index is 253. The highest BCUT2D eigenvalue weighted by Crippen LogP contribution is 2.40. The van der Waals surface area contributed by atoms with Crippen LogP contribution >= 0.6 is 0 Å². The van der Waals surface area contributed by atoms with Crippen LogP contribution in [0.2, 0.25) is 18.1 Å². The molecule has 0 aliphatic rings. The van der Waals surface area contributed by atoms with E-state index in [4.69, 9.17) is 4.43 Å². The fraction of sp³-hybridized carbons (Fsp3) is 0.769. The Labute approximate surface area is 101 Å². The third kappa shape index (κ3) is 4.22. The first kappa shape index (κ1) is 15.6. The summed E-state index contributed by atoms with van der Waals surface area (Å²) in [6.45, 7) is 16.9. The number of hydrogen-bond acceptors (Lipinski definition) is 2. The van der Waals surface area contributed by atoms with Crippen molar-refractivity contribution >= 4 is 14.6 Å². The quantitative estimate of drug-likeness (QED) is 0.401. The first-order valence-electron chi connectivity index (χ1n) is 5.85. The lowest BCUT2D eigenvalue weighted by Crippen LogP contribution is -2.47. The molecule has 0 amide bonds. The van der Waals surface area contributed by atoms with Crippen LogP contribution in [0.3, 0.4) is 0 Å². The second-order valence-electron chi connectivity index (χ2n) is 6.08. The normalized spacial score (nSPS) is 16.6. The molecule has 94 valence electrons. The maximum atomic E-state index is 10.5. The van der Waals surface area contributed by atoms with E-state index < -0.39 is 8.32 Å². The Morgan fingerprint density at radius 2 is 1.75 bits per heavy atom. The van der Waals surface area contributed by atoms with E-state index in [1.807, 2.05) is 13.0 Å². The summed E-state index contributed by atoms with van der Waals surface area (Å²) in [4.78, 5) is 10.5. The van der Waals surface area contributed by atoms with Gasteiger partial charge in [-0.3, -0.25) is 0 Å². The summed E-state index contributed by atoms with van der Waals surface area (Å²) in [7, 11) is -1.80. The SMILES string of the molecule is C=C[C@@](C)(CCC=O)O[Si](C)(C)C(C)(C)C. The Balaban J connectivity index is 4.76. The minimum atomic E-state index is -1.80. The number of hydrogen-bond donors (Lipinski definition) is 0. The summed E-state index contributed by atoms with van der Waals surface area (Å²) in [5.41, 5.74) is -0.371. The van der Waals surface area contributed by atoms with Crippen LogP contribution in [0.1, 0.15) is 40.5 Å². The lowest BCUT2D eigenvalue weighted by molar-refractivity contribution is -0.108. The molecule has 0 aromatic rings. The molecule has 0 N–H and O–H groups in total. The summed E-state index contributed by atoms with van der Waals surface area (Å²) in [6.07, 6.45) is 4.01. The molecule has 1 atom stereocenters. The monoisotopic (exact) mass is 242 g/mol. The highest BCUT2D eigenvalue weighted by atomic mass is 28.4. The second kappa shape index (κ2) is 5.28. The largest absolute Gasteiger partial charge is 0.408 e. The molecule has 0 radical (unpaired) electrons. The van der Waals surface area contributed by atoms with Crippen LogP contribution in [0.5, 0.6) is 0 Å². The van der Waals surface area contributed by atoms with E-state index in [9.17, 15) is 4.79 Å². The molecule has 0 fully saturated rings. The van der Waals surface area contributed by atoms with Gasteiger partial charge in [0.1, 0.15) is 6.29 Å². The van der Waals surface area contributed by atoms with Gasteiger partial charge in [0.2, 0.25) is 0 Å². The number of aldehydes is 1. The fourth-order valence-corrected chi connectivity index (χ4v) is 2.93. The topological polar surface area (TPSA) is 26.3 Å². The molecule has 0 heterocycles. The summed E-state index contributed by atoms with van der Waals surface area (Å²) in [5, 5.41) is 0.179. The number of carbonyl (C=O) groups is 1. The van der Waals surface area contributed by atoms with Crippen LogP contribution in [0.4, 0.5) is 0 Å². The van der Waals surface area contributed by atoms with Crippen LogP contribution in [0.15, 0.2) is 12.7 Å². The van der Waals surface area contributed by atoms with Gasteiger partial charge in [-0.2, -0.15) is 0 Å². The third-order valence-corrected chi connectivity index (χ3v) is 8.07. The van der Waals surface area contributed by atoms with Crippen LogP contribution in [-0.4, -0.2) is 20.2 Å². The van der Waals surface area contributed by atoms with E-state index in [2.05, 4.69) is 40.4 Å². The zero-order valence-electron chi connectivity index (χ0n) is 11.6. The predicted molar refractivity (Wildman–Crippen MR) is 72.2 cm³/mol. The predicted octanol–water partition coefficient (Wildman–Crippen LogP) is 3.93. The van der Waals surface area contributed by atoms with E-state index in [1.54, 1.807) is 0 Å². The zero-order chi connectivity index (χ0) is 13.0. The van der Waals surface area contributed by atoms with Gasteiger partial charge in [0, 0.05) is 6.42 Å². The molecule has 0 aliphatic carbocycles. The van der Waals surface area contributed by atoms with Gasteiger partial charge in [-0.15, -0.1) is 6.58 Å².